The third-order valence-electron chi connectivity index (χ3n) is 3.23. The maximum Gasteiger partial charge on any atom is 0.134 e. The number of hydrogen-bond donors (Lipinski definition) is 1. The lowest BCUT2D eigenvalue weighted by Gasteiger charge is -2.26. The summed E-state index contributed by atoms with van der Waals surface area (Å²) in [5, 5.41) is 11.4. The Morgan fingerprint density at radius 2 is 1.65 bits per heavy atom. The Morgan fingerprint density at radius 1 is 1.05 bits per heavy atom. The largest absolute Gasteiger partial charge is 0.506 e. The molecule has 0 aliphatic heterocycles. The average molecular weight is 337 g/mol. The molecule has 0 fully saturated rings. The van der Waals surface area contributed by atoms with E-state index in [1.54, 1.807) is 0 Å². The van der Waals surface area contributed by atoms with Crippen molar-refractivity contribution in [3.05, 3.63) is 28.8 Å². The van der Waals surface area contributed by atoms with Gasteiger partial charge in [0.05, 0.1) is 5.56 Å². The van der Waals surface area contributed by atoms with Gasteiger partial charge in [0, 0.05) is 17.3 Å². The molecule has 0 saturated heterocycles. The van der Waals surface area contributed by atoms with E-state index in [9.17, 15) is 5.11 Å². The lowest BCUT2D eigenvalue weighted by Crippen LogP contribution is -2.17. The molecule has 0 aromatic heterocycles. The molecule has 0 bridgehead atoms. The third kappa shape index (κ3) is 4.28. The number of aromatic hydroxyl groups is 1. The molecular formula is C18H25BrO. The van der Waals surface area contributed by atoms with Crippen molar-refractivity contribution < 1.29 is 5.11 Å². The van der Waals surface area contributed by atoms with E-state index in [2.05, 4.69) is 75.4 Å². The van der Waals surface area contributed by atoms with Gasteiger partial charge >= 0.3 is 0 Å². The zero-order valence-corrected chi connectivity index (χ0v) is 15.0. The number of benzene rings is 1. The third-order valence-corrected chi connectivity index (χ3v) is 3.62. The summed E-state index contributed by atoms with van der Waals surface area (Å²) in [5.41, 5.74) is 2.86. The van der Waals surface area contributed by atoms with E-state index in [1.165, 1.54) is 5.56 Å². The van der Waals surface area contributed by atoms with Crippen LogP contribution in [0.4, 0.5) is 0 Å². The Labute approximate surface area is 131 Å². The van der Waals surface area contributed by atoms with Gasteiger partial charge in [-0.2, -0.15) is 0 Å². The van der Waals surface area contributed by atoms with Gasteiger partial charge in [0.25, 0.3) is 0 Å². The number of rotatable bonds is 1. The number of phenolic OH excluding ortho intramolecular Hbond substituents is 1. The van der Waals surface area contributed by atoms with Crippen LogP contribution in [0.3, 0.4) is 0 Å². The fourth-order valence-electron chi connectivity index (χ4n) is 1.94. The van der Waals surface area contributed by atoms with Crippen LogP contribution in [0.25, 0.3) is 0 Å². The van der Waals surface area contributed by atoms with Crippen molar-refractivity contribution in [3.63, 3.8) is 0 Å². The molecule has 2 heteroatoms. The van der Waals surface area contributed by atoms with E-state index >= 15 is 0 Å². The summed E-state index contributed by atoms with van der Waals surface area (Å²) in [5.74, 6) is 6.53. The fraction of sp³-hybridized carbons (Fsp3) is 0.556. The SMILES string of the molecule is CC(C)(C)c1cc(C#CCCBr)c(O)c(C(C)(C)C)c1. The summed E-state index contributed by atoms with van der Waals surface area (Å²) in [7, 11) is 0. The molecule has 20 heavy (non-hydrogen) atoms. The second-order valence-corrected chi connectivity index (χ2v) is 7.95. The van der Waals surface area contributed by atoms with Crippen molar-refractivity contribution in [2.24, 2.45) is 0 Å². The Balaban J connectivity index is 3.49. The summed E-state index contributed by atoms with van der Waals surface area (Å²) in [6.07, 6.45) is 0.782. The van der Waals surface area contributed by atoms with E-state index in [0.29, 0.717) is 5.75 Å². The first-order valence-corrected chi connectivity index (χ1v) is 8.12. The van der Waals surface area contributed by atoms with Crippen molar-refractivity contribution in [1.82, 2.24) is 0 Å². The summed E-state index contributed by atoms with van der Waals surface area (Å²) in [6.45, 7) is 12.9. The van der Waals surface area contributed by atoms with Gasteiger partial charge in [0.1, 0.15) is 5.75 Å². The molecule has 0 unspecified atom stereocenters. The van der Waals surface area contributed by atoms with Crippen molar-refractivity contribution in [1.29, 1.82) is 0 Å². The molecule has 1 nitrogen and oxygen atoms in total. The molecule has 0 atom stereocenters. The van der Waals surface area contributed by atoms with E-state index < -0.39 is 0 Å². The number of halogens is 1. The second kappa shape index (κ2) is 6.22. The van der Waals surface area contributed by atoms with Crippen LogP contribution < -0.4 is 0 Å². The van der Waals surface area contributed by atoms with Crippen LogP contribution in [0.1, 0.15) is 64.7 Å². The fourth-order valence-corrected chi connectivity index (χ4v) is 2.14. The lowest BCUT2D eigenvalue weighted by molar-refractivity contribution is 0.443. The summed E-state index contributed by atoms with van der Waals surface area (Å²) >= 11 is 3.37. The van der Waals surface area contributed by atoms with Crippen LogP contribution in [0.2, 0.25) is 0 Å². The van der Waals surface area contributed by atoms with Crippen molar-refractivity contribution in [2.45, 2.75) is 58.8 Å². The van der Waals surface area contributed by atoms with Gasteiger partial charge in [-0.3, -0.25) is 0 Å². The smallest absolute Gasteiger partial charge is 0.134 e. The average Bonchev–Trinajstić information content (AvgIpc) is 2.28. The topological polar surface area (TPSA) is 20.2 Å². The van der Waals surface area contributed by atoms with Gasteiger partial charge in [0.15, 0.2) is 0 Å². The molecule has 1 aromatic rings. The lowest BCUT2D eigenvalue weighted by atomic mass is 9.79. The van der Waals surface area contributed by atoms with E-state index in [0.717, 1.165) is 22.9 Å². The van der Waals surface area contributed by atoms with Gasteiger partial charge in [-0.1, -0.05) is 75.4 Å². The Hall–Kier alpha value is -0.940. The predicted octanol–water partition coefficient (Wildman–Crippen LogP) is 5.12. The molecule has 0 radical (unpaired) electrons. The first kappa shape index (κ1) is 17.1. The molecule has 110 valence electrons. The molecule has 0 spiro atoms. The van der Waals surface area contributed by atoms with E-state index in [4.69, 9.17) is 0 Å². The Kier molecular flexibility index (Phi) is 5.33. The minimum absolute atomic E-state index is 0.0412. The van der Waals surface area contributed by atoms with Crippen molar-refractivity contribution in [2.75, 3.05) is 5.33 Å². The first-order chi connectivity index (χ1) is 9.07. The van der Waals surface area contributed by atoms with Crippen LogP contribution in [-0.2, 0) is 10.8 Å². The molecule has 1 aromatic carbocycles. The highest BCUT2D eigenvalue weighted by Crippen LogP contribution is 2.37. The van der Waals surface area contributed by atoms with Crippen molar-refractivity contribution in [3.8, 4) is 17.6 Å². The quantitative estimate of drug-likeness (QED) is 0.557. The molecule has 0 amide bonds. The zero-order valence-electron chi connectivity index (χ0n) is 13.4. The van der Waals surface area contributed by atoms with Crippen molar-refractivity contribution >= 4 is 15.9 Å². The summed E-state index contributed by atoms with van der Waals surface area (Å²) in [6, 6.07) is 4.14. The maximum absolute atomic E-state index is 10.5. The molecule has 1 N–H and O–H groups in total. The molecule has 1 rings (SSSR count). The Bertz CT molecular complexity index is 533. The van der Waals surface area contributed by atoms with Gasteiger partial charge in [-0.15, -0.1) is 0 Å². The van der Waals surface area contributed by atoms with Gasteiger partial charge in [0.2, 0.25) is 0 Å². The highest BCUT2D eigenvalue weighted by molar-refractivity contribution is 9.09. The molecular weight excluding hydrogens is 312 g/mol. The molecule has 0 saturated carbocycles. The highest BCUT2D eigenvalue weighted by Gasteiger charge is 2.24. The highest BCUT2D eigenvalue weighted by atomic mass is 79.9. The van der Waals surface area contributed by atoms with Crippen LogP contribution in [0.5, 0.6) is 5.75 Å². The van der Waals surface area contributed by atoms with Gasteiger partial charge in [-0.25, -0.2) is 0 Å². The standard InChI is InChI=1S/C18H25BrO/c1-17(2,3)14-11-13(9-7-8-10-19)16(20)15(12-14)18(4,5)6/h11-12,20H,8,10H2,1-6H3. The van der Waals surface area contributed by atoms with Gasteiger partial charge < -0.3 is 5.11 Å². The van der Waals surface area contributed by atoms with E-state index in [1.807, 2.05) is 6.07 Å². The number of phenols is 1. The summed E-state index contributed by atoms with van der Waals surface area (Å²) < 4.78 is 0. The molecule has 0 aliphatic carbocycles. The van der Waals surface area contributed by atoms with Crippen LogP contribution in [-0.4, -0.2) is 10.4 Å². The van der Waals surface area contributed by atoms with Crippen LogP contribution in [0.15, 0.2) is 12.1 Å². The molecule has 0 aliphatic rings. The number of hydrogen-bond acceptors (Lipinski definition) is 1. The minimum Gasteiger partial charge on any atom is -0.506 e. The Morgan fingerprint density at radius 3 is 2.10 bits per heavy atom. The predicted molar refractivity (Wildman–Crippen MR) is 90.8 cm³/mol. The molecule has 0 heterocycles. The monoisotopic (exact) mass is 336 g/mol. The second-order valence-electron chi connectivity index (χ2n) is 7.16. The normalized spacial score (nSPS) is 11.9. The van der Waals surface area contributed by atoms with Gasteiger partial charge in [-0.05, 0) is 22.5 Å². The first-order valence-electron chi connectivity index (χ1n) is 7.00. The van der Waals surface area contributed by atoms with Crippen LogP contribution in [0, 0.1) is 11.8 Å². The van der Waals surface area contributed by atoms with Crippen LogP contribution >= 0.6 is 15.9 Å². The zero-order chi connectivity index (χ0) is 15.6. The summed E-state index contributed by atoms with van der Waals surface area (Å²) in [4.78, 5) is 0. The maximum atomic E-state index is 10.5. The minimum atomic E-state index is -0.100. The number of alkyl halides is 1. The van der Waals surface area contributed by atoms with E-state index in [-0.39, 0.29) is 10.8 Å².